The van der Waals surface area contributed by atoms with E-state index in [1.54, 1.807) is 13.2 Å². The minimum Gasteiger partial charge on any atom is -0.497 e. The Morgan fingerprint density at radius 3 is 2.47 bits per heavy atom. The molecule has 1 rings (SSSR count). The summed E-state index contributed by atoms with van der Waals surface area (Å²) < 4.78 is 10.1. The van der Waals surface area contributed by atoms with Crippen molar-refractivity contribution in [3.8, 4) is 5.75 Å². The van der Waals surface area contributed by atoms with Gasteiger partial charge in [-0.25, -0.2) is 0 Å². The molecule has 0 aliphatic heterocycles. The van der Waals surface area contributed by atoms with Crippen LogP contribution >= 0.6 is 0 Å². The van der Waals surface area contributed by atoms with Crippen LogP contribution in [0.2, 0.25) is 0 Å². The highest BCUT2D eigenvalue weighted by molar-refractivity contribution is 5.78. The average Bonchev–Trinajstić information content (AvgIpc) is 2.29. The summed E-state index contributed by atoms with van der Waals surface area (Å²) in [4.78, 5) is 10.6. The second-order valence-electron chi connectivity index (χ2n) is 2.87. The van der Waals surface area contributed by atoms with Crippen LogP contribution < -0.4 is 4.74 Å². The Morgan fingerprint density at radius 1 is 1.33 bits per heavy atom. The molecule has 0 fully saturated rings. The van der Waals surface area contributed by atoms with E-state index < -0.39 is 0 Å². The Kier molecular flexibility index (Phi) is 4.41. The maximum atomic E-state index is 10.6. The van der Waals surface area contributed by atoms with Crippen molar-refractivity contribution in [1.29, 1.82) is 0 Å². The number of benzene rings is 1. The molecule has 1 aromatic rings. The topological polar surface area (TPSA) is 35.5 Å². The Bertz CT molecular complexity index is 338. The summed E-state index contributed by atoms with van der Waals surface area (Å²) in [6.07, 6.45) is 2.39. The second kappa shape index (κ2) is 5.86. The number of hydrogen-bond donors (Lipinski definition) is 0. The van der Waals surface area contributed by atoms with E-state index in [4.69, 9.17) is 9.47 Å². The third-order valence-electron chi connectivity index (χ3n) is 1.85. The number of carbonyl (C=O) groups is 1. The third kappa shape index (κ3) is 3.46. The van der Waals surface area contributed by atoms with Crippen molar-refractivity contribution >= 4 is 12.4 Å². The number of aldehydes is 1. The van der Waals surface area contributed by atoms with Crippen molar-refractivity contribution < 1.29 is 14.3 Å². The molecule has 0 atom stereocenters. The largest absolute Gasteiger partial charge is 0.497 e. The number of hydrogen-bond acceptors (Lipinski definition) is 3. The Hall–Kier alpha value is -1.77. The lowest BCUT2D eigenvalue weighted by atomic mass is 10.2. The molecule has 1 aromatic carbocycles. The molecule has 0 heterocycles. The quantitative estimate of drug-likeness (QED) is 0.421. The monoisotopic (exact) mass is 206 g/mol. The van der Waals surface area contributed by atoms with Gasteiger partial charge in [0.1, 0.15) is 5.75 Å². The number of ether oxygens (including phenoxy) is 2. The fraction of sp³-hybridized carbons (Fsp3) is 0.250. The highest BCUT2D eigenvalue weighted by atomic mass is 16.5. The van der Waals surface area contributed by atoms with Gasteiger partial charge in [0, 0.05) is 0 Å². The Morgan fingerprint density at radius 2 is 2.00 bits per heavy atom. The summed E-state index contributed by atoms with van der Waals surface area (Å²) in [5.41, 5.74) is 0.909. The molecule has 0 bridgehead atoms. The predicted molar refractivity (Wildman–Crippen MR) is 58.7 cm³/mol. The summed E-state index contributed by atoms with van der Waals surface area (Å²) in [5.74, 6) is 1.12. The van der Waals surface area contributed by atoms with E-state index in [0.717, 1.165) is 11.3 Å². The minimum absolute atomic E-state index is 0.336. The maximum Gasteiger partial charge on any atom is 0.184 e. The van der Waals surface area contributed by atoms with E-state index in [9.17, 15) is 4.79 Å². The van der Waals surface area contributed by atoms with E-state index in [2.05, 4.69) is 0 Å². The summed E-state index contributed by atoms with van der Waals surface area (Å²) in [6.45, 7) is 2.33. The molecule has 0 radical (unpaired) electrons. The first kappa shape index (κ1) is 11.3. The molecule has 0 saturated carbocycles. The number of rotatable bonds is 5. The van der Waals surface area contributed by atoms with Gasteiger partial charge in [0.05, 0.1) is 13.7 Å². The van der Waals surface area contributed by atoms with Crippen LogP contribution in [0.25, 0.3) is 6.08 Å². The van der Waals surface area contributed by atoms with Crippen molar-refractivity contribution in [2.75, 3.05) is 13.7 Å². The molecule has 15 heavy (non-hydrogen) atoms. The zero-order valence-corrected chi connectivity index (χ0v) is 8.90. The van der Waals surface area contributed by atoms with Crippen molar-refractivity contribution in [3.05, 3.63) is 35.6 Å². The summed E-state index contributed by atoms with van der Waals surface area (Å²) in [7, 11) is 1.61. The molecule has 0 unspecified atom stereocenters. The van der Waals surface area contributed by atoms with Gasteiger partial charge in [-0.15, -0.1) is 0 Å². The van der Waals surface area contributed by atoms with Gasteiger partial charge in [0.2, 0.25) is 0 Å². The Balaban J connectivity index is 2.81. The molecule has 80 valence electrons. The number of allylic oxidation sites excluding steroid dienone is 1. The summed E-state index contributed by atoms with van der Waals surface area (Å²) in [6, 6.07) is 7.39. The third-order valence-corrected chi connectivity index (χ3v) is 1.85. The van der Waals surface area contributed by atoms with E-state index >= 15 is 0 Å². The van der Waals surface area contributed by atoms with Crippen LogP contribution in [0.5, 0.6) is 5.75 Å². The van der Waals surface area contributed by atoms with E-state index in [1.165, 1.54) is 0 Å². The average molecular weight is 206 g/mol. The van der Waals surface area contributed by atoms with Crippen molar-refractivity contribution in [2.24, 2.45) is 0 Å². The molecular formula is C12H14O3. The first-order valence-electron chi connectivity index (χ1n) is 4.74. The zero-order valence-electron chi connectivity index (χ0n) is 8.90. The van der Waals surface area contributed by atoms with Crippen LogP contribution in [0, 0.1) is 0 Å². The van der Waals surface area contributed by atoms with Gasteiger partial charge >= 0.3 is 0 Å². The molecular weight excluding hydrogens is 192 g/mol. The van der Waals surface area contributed by atoms with Gasteiger partial charge in [-0.3, -0.25) is 4.79 Å². The standard InChI is InChI=1S/C12H14O3/c1-3-15-12(9-13)8-10-4-6-11(14-2)7-5-10/h4-9H,3H2,1-2H3/b12-8-. The smallest absolute Gasteiger partial charge is 0.184 e. The summed E-state index contributed by atoms with van der Waals surface area (Å²) >= 11 is 0. The molecule has 3 heteroatoms. The molecule has 0 saturated heterocycles. The molecule has 0 aromatic heterocycles. The van der Waals surface area contributed by atoms with Gasteiger partial charge in [-0.1, -0.05) is 12.1 Å². The highest BCUT2D eigenvalue weighted by Crippen LogP contribution is 2.13. The molecule has 0 amide bonds. The molecule has 3 nitrogen and oxygen atoms in total. The number of carbonyl (C=O) groups excluding carboxylic acids is 1. The first-order chi connectivity index (χ1) is 7.30. The second-order valence-corrected chi connectivity index (χ2v) is 2.87. The van der Waals surface area contributed by atoms with Gasteiger partial charge < -0.3 is 9.47 Å². The number of methoxy groups -OCH3 is 1. The summed E-state index contributed by atoms with van der Waals surface area (Å²) in [5, 5.41) is 0. The van der Waals surface area contributed by atoms with Gasteiger partial charge in [-0.05, 0) is 30.7 Å². The highest BCUT2D eigenvalue weighted by Gasteiger charge is 1.96. The van der Waals surface area contributed by atoms with Crippen LogP contribution in [-0.4, -0.2) is 20.0 Å². The molecule has 0 aliphatic rings. The lowest BCUT2D eigenvalue weighted by Crippen LogP contribution is -1.92. The zero-order chi connectivity index (χ0) is 11.1. The predicted octanol–water partition coefficient (Wildman–Crippen LogP) is 2.27. The normalized spacial score (nSPS) is 10.9. The SMILES string of the molecule is CCO/C(C=O)=C\c1ccc(OC)cc1. The van der Waals surface area contributed by atoms with Gasteiger partial charge in [-0.2, -0.15) is 0 Å². The minimum atomic E-state index is 0.336. The van der Waals surface area contributed by atoms with E-state index in [0.29, 0.717) is 18.7 Å². The lowest BCUT2D eigenvalue weighted by molar-refractivity contribution is -0.107. The van der Waals surface area contributed by atoms with Crippen LogP contribution in [-0.2, 0) is 9.53 Å². The van der Waals surface area contributed by atoms with Crippen LogP contribution in [0.4, 0.5) is 0 Å². The van der Waals surface area contributed by atoms with E-state index in [-0.39, 0.29) is 0 Å². The van der Waals surface area contributed by atoms with Crippen molar-refractivity contribution in [1.82, 2.24) is 0 Å². The first-order valence-corrected chi connectivity index (χ1v) is 4.74. The Labute approximate surface area is 89.3 Å². The van der Waals surface area contributed by atoms with Crippen LogP contribution in [0.3, 0.4) is 0 Å². The maximum absolute atomic E-state index is 10.6. The molecule has 0 spiro atoms. The van der Waals surface area contributed by atoms with Crippen molar-refractivity contribution in [3.63, 3.8) is 0 Å². The van der Waals surface area contributed by atoms with Crippen LogP contribution in [0.1, 0.15) is 12.5 Å². The fourth-order valence-electron chi connectivity index (χ4n) is 1.14. The van der Waals surface area contributed by atoms with E-state index in [1.807, 2.05) is 31.2 Å². The van der Waals surface area contributed by atoms with Gasteiger partial charge in [0.15, 0.2) is 12.0 Å². The van der Waals surface area contributed by atoms with Crippen LogP contribution in [0.15, 0.2) is 30.0 Å². The van der Waals surface area contributed by atoms with Crippen molar-refractivity contribution in [2.45, 2.75) is 6.92 Å². The molecule has 0 aliphatic carbocycles. The van der Waals surface area contributed by atoms with Gasteiger partial charge in [0.25, 0.3) is 0 Å². The lowest BCUT2D eigenvalue weighted by Gasteiger charge is -2.02. The molecule has 0 N–H and O–H groups in total. The fourth-order valence-corrected chi connectivity index (χ4v) is 1.14.